The molecule has 0 bridgehead atoms. The molecule has 0 unspecified atom stereocenters. The summed E-state index contributed by atoms with van der Waals surface area (Å²) in [6.07, 6.45) is 0.746. The van der Waals surface area contributed by atoms with Gasteiger partial charge in [-0.15, -0.1) is 0 Å². The number of nitrogens with zero attached hydrogens (tertiary/aromatic N) is 1. The molecule has 0 spiro atoms. The minimum Gasteiger partial charge on any atom is -0.482 e. The largest absolute Gasteiger partial charge is 0.482 e. The van der Waals surface area contributed by atoms with E-state index in [1.807, 2.05) is 36.4 Å². The van der Waals surface area contributed by atoms with Gasteiger partial charge in [-0.25, -0.2) is 0 Å². The van der Waals surface area contributed by atoms with Crippen molar-refractivity contribution in [2.24, 2.45) is 0 Å². The van der Waals surface area contributed by atoms with E-state index in [1.54, 1.807) is 25.1 Å². The summed E-state index contributed by atoms with van der Waals surface area (Å²) in [6, 6.07) is 16.8. The molecule has 31 heavy (non-hydrogen) atoms. The molecule has 1 heterocycles. The van der Waals surface area contributed by atoms with Crippen molar-refractivity contribution in [1.82, 2.24) is 5.32 Å². The van der Waals surface area contributed by atoms with E-state index in [-0.39, 0.29) is 37.4 Å². The molecule has 0 radical (unpaired) electrons. The zero-order valence-electron chi connectivity index (χ0n) is 17.9. The lowest BCUT2D eigenvalue weighted by atomic mass is 10.0. The second-order valence-corrected chi connectivity index (χ2v) is 7.44. The number of hydrogen-bond acceptors (Lipinski definition) is 5. The number of hydrogen-bond donors (Lipinski definition) is 1. The van der Waals surface area contributed by atoms with Crippen molar-refractivity contribution < 1.29 is 23.9 Å². The second-order valence-electron chi connectivity index (χ2n) is 7.44. The maximum absolute atomic E-state index is 12.6. The van der Waals surface area contributed by atoms with Gasteiger partial charge in [0.25, 0.3) is 11.8 Å². The molecular formula is C24H28N2O5. The van der Waals surface area contributed by atoms with Gasteiger partial charge in [0.15, 0.2) is 12.7 Å². The highest BCUT2D eigenvalue weighted by Gasteiger charge is 2.27. The second kappa shape index (κ2) is 10.6. The number of rotatable bonds is 9. The van der Waals surface area contributed by atoms with Crippen molar-refractivity contribution in [3.8, 4) is 5.75 Å². The summed E-state index contributed by atoms with van der Waals surface area (Å²) in [7, 11) is 0. The smallest absolute Gasteiger partial charge is 0.308 e. The Hall–Kier alpha value is -3.35. The van der Waals surface area contributed by atoms with E-state index >= 15 is 0 Å². The number of fused-ring (bicyclic) bond motifs is 1. The van der Waals surface area contributed by atoms with E-state index in [0.717, 1.165) is 18.4 Å². The number of carbonyl (C=O) groups is 3. The predicted octanol–water partition coefficient (Wildman–Crippen LogP) is 3.39. The predicted molar refractivity (Wildman–Crippen MR) is 117 cm³/mol. The van der Waals surface area contributed by atoms with Gasteiger partial charge in [0, 0.05) is 6.54 Å². The molecule has 1 N–H and O–H groups in total. The van der Waals surface area contributed by atoms with Crippen LogP contribution in [0.4, 0.5) is 5.69 Å². The first kappa shape index (κ1) is 22.3. The average molecular weight is 424 g/mol. The van der Waals surface area contributed by atoms with Crippen LogP contribution in [0.3, 0.4) is 0 Å². The monoisotopic (exact) mass is 424 g/mol. The van der Waals surface area contributed by atoms with Crippen LogP contribution in [0.15, 0.2) is 54.6 Å². The van der Waals surface area contributed by atoms with Gasteiger partial charge in [-0.05, 0) is 31.0 Å². The number of anilines is 1. The van der Waals surface area contributed by atoms with Gasteiger partial charge >= 0.3 is 5.97 Å². The van der Waals surface area contributed by atoms with Gasteiger partial charge in [-0.3, -0.25) is 14.4 Å². The minimum atomic E-state index is -0.928. The first-order chi connectivity index (χ1) is 15.0. The highest BCUT2D eigenvalue weighted by Crippen LogP contribution is 2.31. The summed E-state index contributed by atoms with van der Waals surface area (Å²) in [5.74, 6) is -0.497. The number of amides is 2. The molecule has 0 saturated heterocycles. The van der Waals surface area contributed by atoms with Crippen LogP contribution in [-0.2, 0) is 19.1 Å². The van der Waals surface area contributed by atoms with Gasteiger partial charge in [0.05, 0.1) is 18.2 Å². The number of ether oxygens (including phenoxy) is 2. The summed E-state index contributed by atoms with van der Waals surface area (Å²) < 4.78 is 10.7. The molecule has 7 heteroatoms. The molecule has 2 atom stereocenters. The average Bonchev–Trinajstić information content (AvgIpc) is 2.78. The third-order valence-electron chi connectivity index (χ3n) is 5.12. The van der Waals surface area contributed by atoms with E-state index in [4.69, 9.17) is 9.47 Å². The lowest BCUT2D eigenvalue weighted by Crippen LogP contribution is -2.41. The van der Waals surface area contributed by atoms with Gasteiger partial charge < -0.3 is 19.7 Å². The minimum absolute atomic E-state index is 0.0191. The van der Waals surface area contributed by atoms with Gasteiger partial charge in [0.2, 0.25) is 0 Å². The van der Waals surface area contributed by atoms with Crippen LogP contribution in [0.2, 0.25) is 0 Å². The Labute approximate surface area is 182 Å². The van der Waals surface area contributed by atoms with E-state index in [0.29, 0.717) is 11.4 Å². The van der Waals surface area contributed by atoms with Crippen LogP contribution in [-0.4, -0.2) is 37.0 Å². The summed E-state index contributed by atoms with van der Waals surface area (Å²) in [4.78, 5) is 38.6. The standard InChI is InChI=1S/C24H28N2O5/c1-3-9-19(18-10-5-4-6-11-18)25-24(29)17(2)31-23(28)14-15-26-20-12-7-8-13-21(20)30-16-22(26)27/h4-8,10-13,17,19H,3,9,14-16H2,1-2H3,(H,25,29)/t17-,19+/m0/s1. The highest BCUT2D eigenvalue weighted by atomic mass is 16.5. The van der Waals surface area contributed by atoms with Crippen molar-refractivity contribution in [3.05, 3.63) is 60.2 Å². The van der Waals surface area contributed by atoms with E-state index in [9.17, 15) is 14.4 Å². The summed E-state index contributed by atoms with van der Waals surface area (Å²) in [5.41, 5.74) is 1.64. The van der Waals surface area contributed by atoms with E-state index < -0.39 is 12.1 Å². The lowest BCUT2D eigenvalue weighted by molar-refractivity contribution is -0.155. The zero-order chi connectivity index (χ0) is 22.2. The molecule has 2 aromatic carbocycles. The van der Waals surface area contributed by atoms with Gasteiger partial charge in [-0.2, -0.15) is 0 Å². The van der Waals surface area contributed by atoms with Gasteiger partial charge in [0.1, 0.15) is 5.75 Å². The Morgan fingerprint density at radius 3 is 2.58 bits per heavy atom. The highest BCUT2D eigenvalue weighted by molar-refractivity contribution is 5.98. The van der Waals surface area contributed by atoms with E-state index in [2.05, 4.69) is 12.2 Å². The molecule has 1 aliphatic heterocycles. The molecule has 1 aliphatic rings. The molecule has 3 rings (SSSR count). The molecule has 0 fully saturated rings. The molecule has 2 aromatic rings. The van der Waals surface area contributed by atoms with Crippen LogP contribution < -0.4 is 15.0 Å². The van der Waals surface area contributed by atoms with Crippen molar-refractivity contribution >= 4 is 23.5 Å². The Morgan fingerprint density at radius 1 is 1.13 bits per heavy atom. The van der Waals surface area contributed by atoms with E-state index in [1.165, 1.54) is 4.90 Å². The summed E-state index contributed by atoms with van der Waals surface area (Å²) in [5, 5.41) is 2.97. The molecular weight excluding hydrogens is 396 g/mol. The van der Waals surface area contributed by atoms with Crippen LogP contribution in [0.1, 0.15) is 44.7 Å². The third kappa shape index (κ3) is 5.84. The quantitative estimate of drug-likeness (QED) is 0.624. The third-order valence-corrected chi connectivity index (χ3v) is 5.12. The fourth-order valence-corrected chi connectivity index (χ4v) is 3.50. The Bertz CT molecular complexity index is 915. The topological polar surface area (TPSA) is 84.9 Å². The SMILES string of the molecule is CCC[C@@H](NC(=O)[C@H](C)OC(=O)CCN1C(=O)COc2ccccc21)c1ccccc1. The maximum Gasteiger partial charge on any atom is 0.308 e. The first-order valence-electron chi connectivity index (χ1n) is 10.6. The number of carbonyl (C=O) groups excluding carboxylic acids is 3. The number of esters is 1. The van der Waals surface area contributed by atoms with Crippen molar-refractivity contribution in [2.45, 2.75) is 45.3 Å². The summed E-state index contributed by atoms with van der Waals surface area (Å²) >= 11 is 0. The molecule has 0 saturated carbocycles. The fourth-order valence-electron chi connectivity index (χ4n) is 3.50. The number of para-hydroxylation sites is 2. The molecule has 0 aliphatic carbocycles. The molecule has 0 aromatic heterocycles. The Morgan fingerprint density at radius 2 is 1.84 bits per heavy atom. The first-order valence-corrected chi connectivity index (χ1v) is 10.6. The molecule has 7 nitrogen and oxygen atoms in total. The van der Waals surface area contributed by atoms with Crippen molar-refractivity contribution in [3.63, 3.8) is 0 Å². The summed E-state index contributed by atoms with van der Waals surface area (Å²) in [6.45, 7) is 3.70. The van der Waals surface area contributed by atoms with Crippen LogP contribution in [0.5, 0.6) is 5.75 Å². The fraction of sp³-hybridized carbons (Fsp3) is 0.375. The number of nitrogens with one attached hydrogen (secondary N) is 1. The van der Waals surface area contributed by atoms with Crippen molar-refractivity contribution in [1.29, 1.82) is 0 Å². The maximum atomic E-state index is 12.6. The van der Waals surface area contributed by atoms with Crippen molar-refractivity contribution in [2.75, 3.05) is 18.1 Å². The van der Waals surface area contributed by atoms with Gasteiger partial charge in [-0.1, -0.05) is 55.8 Å². The Kier molecular flexibility index (Phi) is 7.65. The van der Waals surface area contributed by atoms with Crippen LogP contribution >= 0.6 is 0 Å². The lowest BCUT2D eigenvalue weighted by Gasteiger charge is -2.29. The normalized spacial score (nSPS) is 14.8. The van der Waals surface area contributed by atoms with Crippen LogP contribution in [0.25, 0.3) is 0 Å². The molecule has 164 valence electrons. The zero-order valence-corrected chi connectivity index (χ0v) is 17.9. The molecule has 2 amide bonds. The van der Waals surface area contributed by atoms with Crippen LogP contribution in [0, 0.1) is 0 Å². The Balaban J connectivity index is 1.53. The number of benzene rings is 2.